The largest absolute Gasteiger partial charge is 0.506 e. The highest BCUT2D eigenvalue weighted by atomic mass is 35.5. The van der Waals surface area contributed by atoms with Crippen LogP contribution in [0.15, 0.2) is 36.4 Å². The number of aliphatic hydroxyl groups is 1. The third-order valence-corrected chi connectivity index (χ3v) is 3.31. The second-order valence-electron chi connectivity index (χ2n) is 4.35. The van der Waals surface area contributed by atoms with Gasteiger partial charge in [-0.3, -0.25) is 0 Å². The van der Waals surface area contributed by atoms with Crippen LogP contribution in [0.4, 0.5) is 5.69 Å². The van der Waals surface area contributed by atoms with Crippen LogP contribution in [0, 0.1) is 0 Å². The molecule has 2 aromatic carbocycles. The number of nitrogens with one attached hydrogen (secondary N) is 1. The second kappa shape index (κ2) is 7.41. The molecule has 0 saturated heterocycles. The molecule has 112 valence electrons. The molecule has 0 aliphatic rings. The standard InChI is InChI=1S/C15H15Cl2NO3/c16-11-7-10(15(20)14(17)8-11)9-18-12-1-3-13(4-2-12)21-6-5-19/h1-4,7-8,18-20H,5-6,9H2. The molecule has 3 N–H and O–H groups in total. The minimum Gasteiger partial charge on any atom is -0.506 e. The summed E-state index contributed by atoms with van der Waals surface area (Å²) in [4.78, 5) is 0. The van der Waals surface area contributed by atoms with Crippen LogP contribution in [-0.2, 0) is 6.54 Å². The topological polar surface area (TPSA) is 61.7 Å². The highest BCUT2D eigenvalue weighted by Gasteiger charge is 2.07. The summed E-state index contributed by atoms with van der Waals surface area (Å²) in [6, 6.07) is 10.4. The van der Waals surface area contributed by atoms with E-state index in [-0.39, 0.29) is 24.0 Å². The number of halogens is 2. The van der Waals surface area contributed by atoms with Gasteiger partial charge in [-0.2, -0.15) is 0 Å². The van der Waals surface area contributed by atoms with Crippen molar-refractivity contribution in [3.05, 3.63) is 52.0 Å². The third kappa shape index (κ3) is 4.43. The first-order chi connectivity index (χ1) is 10.1. The maximum atomic E-state index is 9.87. The van der Waals surface area contributed by atoms with Gasteiger partial charge in [-0.1, -0.05) is 23.2 Å². The van der Waals surface area contributed by atoms with E-state index in [1.54, 1.807) is 18.2 Å². The Bertz CT molecular complexity index is 603. The predicted molar refractivity (Wildman–Crippen MR) is 84.5 cm³/mol. The molecule has 2 rings (SSSR count). The number of hydrogen-bond donors (Lipinski definition) is 3. The Hall–Kier alpha value is -1.62. The summed E-state index contributed by atoms with van der Waals surface area (Å²) >= 11 is 11.8. The van der Waals surface area contributed by atoms with Crippen LogP contribution < -0.4 is 10.1 Å². The fourth-order valence-corrected chi connectivity index (χ4v) is 2.32. The van der Waals surface area contributed by atoms with E-state index in [0.717, 1.165) is 5.69 Å². The summed E-state index contributed by atoms with van der Waals surface area (Å²) in [5.41, 5.74) is 1.48. The van der Waals surface area contributed by atoms with E-state index in [4.69, 9.17) is 33.0 Å². The fraction of sp³-hybridized carbons (Fsp3) is 0.200. The van der Waals surface area contributed by atoms with Gasteiger partial charge >= 0.3 is 0 Å². The van der Waals surface area contributed by atoms with Crippen molar-refractivity contribution in [1.82, 2.24) is 0 Å². The average Bonchev–Trinajstić information content (AvgIpc) is 2.48. The van der Waals surface area contributed by atoms with E-state index in [9.17, 15) is 5.11 Å². The molecule has 6 heteroatoms. The zero-order chi connectivity index (χ0) is 15.2. The number of anilines is 1. The highest BCUT2D eigenvalue weighted by Crippen LogP contribution is 2.31. The lowest BCUT2D eigenvalue weighted by molar-refractivity contribution is 0.201. The molecular weight excluding hydrogens is 313 g/mol. The van der Waals surface area contributed by atoms with Gasteiger partial charge in [0, 0.05) is 22.8 Å². The molecule has 0 spiro atoms. The fourth-order valence-electron chi connectivity index (χ4n) is 1.78. The van der Waals surface area contributed by atoms with Gasteiger partial charge in [-0.25, -0.2) is 0 Å². The maximum Gasteiger partial charge on any atom is 0.139 e. The molecule has 0 unspecified atom stereocenters. The first kappa shape index (κ1) is 15.8. The first-order valence-corrected chi connectivity index (χ1v) is 7.10. The summed E-state index contributed by atoms with van der Waals surface area (Å²) in [7, 11) is 0. The number of rotatable bonds is 6. The molecular formula is C15H15Cl2NO3. The lowest BCUT2D eigenvalue weighted by Crippen LogP contribution is -2.02. The van der Waals surface area contributed by atoms with Gasteiger partial charge in [0.25, 0.3) is 0 Å². The van der Waals surface area contributed by atoms with E-state index in [1.165, 1.54) is 6.07 Å². The number of ether oxygens (including phenoxy) is 1. The highest BCUT2D eigenvalue weighted by molar-refractivity contribution is 6.35. The molecule has 0 heterocycles. The van der Waals surface area contributed by atoms with Crippen LogP contribution in [0.25, 0.3) is 0 Å². The normalized spacial score (nSPS) is 10.4. The minimum atomic E-state index is -0.0190. The van der Waals surface area contributed by atoms with Crippen molar-refractivity contribution >= 4 is 28.9 Å². The predicted octanol–water partition coefficient (Wildman–Crippen LogP) is 3.68. The third-order valence-electron chi connectivity index (χ3n) is 2.80. The molecule has 0 aromatic heterocycles. The number of aromatic hydroxyl groups is 1. The van der Waals surface area contributed by atoms with Gasteiger partial charge in [-0.15, -0.1) is 0 Å². The summed E-state index contributed by atoms with van der Waals surface area (Å²) < 4.78 is 5.27. The van der Waals surface area contributed by atoms with Crippen LogP contribution in [0.1, 0.15) is 5.56 Å². The number of phenolic OH excluding ortho intramolecular Hbond substituents is 1. The van der Waals surface area contributed by atoms with Crippen molar-refractivity contribution in [3.63, 3.8) is 0 Å². The lowest BCUT2D eigenvalue weighted by atomic mass is 10.2. The Labute approximate surface area is 132 Å². The molecule has 0 fully saturated rings. The monoisotopic (exact) mass is 327 g/mol. The van der Waals surface area contributed by atoms with E-state index in [0.29, 0.717) is 22.9 Å². The SMILES string of the molecule is OCCOc1ccc(NCc2cc(Cl)cc(Cl)c2O)cc1. The molecule has 2 aromatic rings. The second-order valence-corrected chi connectivity index (χ2v) is 5.19. The van der Waals surface area contributed by atoms with Gasteiger partial charge in [0.15, 0.2) is 0 Å². The van der Waals surface area contributed by atoms with Gasteiger partial charge in [0.2, 0.25) is 0 Å². The van der Waals surface area contributed by atoms with Crippen molar-refractivity contribution in [2.45, 2.75) is 6.54 Å². The van der Waals surface area contributed by atoms with Gasteiger partial charge < -0.3 is 20.3 Å². The zero-order valence-electron chi connectivity index (χ0n) is 11.1. The molecule has 0 aliphatic carbocycles. The number of phenols is 1. The Balaban J connectivity index is 2.00. The zero-order valence-corrected chi connectivity index (χ0v) is 12.7. The molecule has 0 amide bonds. The summed E-state index contributed by atoms with van der Waals surface area (Å²) in [6.07, 6.45) is 0. The van der Waals surface area contributed by atoms with Crippen LogP contribution in [0.3, 0.4) is 0 Å². The van der Waals surface area contributed by atoms with Crippen LogP contribution in [-0.4, -0.2) is 23.4 Å². The van der Waals surface area contributed by atoms with Crippen LogP contribution in [0.5, 0.6) is 11.5 Å². The summed E-state index contributed by atoms with van der Waals surface area (Å²) in [5.74, 6) is 0.708. The Morgan fingerprint density at radius 1 is 1.10 bits per heavy atom. The Morgan fingerprint density at radius 2 is 1.81 bits per heavy atom. The quantitative estimate of drug-likeness (QED) is 0.757. The molecule has 0 saturated carbocycles. The molecule has 21 heavy (non-hydrogen) atoms. The summed E-state index contributed by atoms with van der Waals surface area (Å²) in [5, 5.41) is 22.4. The molecule has 0 bridgehead atoms. The lowest BCUT2D eigenvalue weighted by Gasteiger charge is -2.11. The number of aliphatic hydroxyl groups excluding tert-OH is 1. The van der Waals surface area contributed by atoms with E-state index < -0.39 is 0 Å². The minimum absolute atomic E-state index is 0.0190. The average molecular weight is 328 g/mol. The molecule has 0 aliphatic heterocycles. The van der Waals surface area contributed by atoms with Crippen molar-refractivity contribution in [2.24, 2.45) is 0 Å². The molecule has 0 atom stereocenters. The Kier molecular flexibility index (Phi) is 5.56. The first-order valence-electron chi connectivity index (χ1n) is 6.34. The number of hydrogen-bond acceptors (Lipinski definition) is 4. The van der Waals surface area contributed by atoms with E-state index in [2.05, 4.69) is 5.32 Å². The van der Waals surface area contributed by atoms with Gasteiger partial charge in [0.05, 0.1) is 11.6 Å². The van der Waals surface area contributed by atoms with Gasteiger partial charge in [0.1, 0.15) is 18.1 Å². The van der Waals surface area contributed by atoms with E-state index >= 15 is 0 Å². The van der Waals surface area contributed by atoms with E-state index in [1.807, 2.05) is 12.1 Å². The maximum absolute atomic E-state index is 9.87. The van der Waals surface area contributed by atoms with Gasteiger partial charge in [-0.05, 0) is 36.4 Å². The van der Waals surface area contributed by atoms with Crippen molar-refractivity contribution in [3.8, 4) is 11.5 Å². The molecule has 4 nitrogen and oxygen atoms in total. The van der Waals surface area contributed by atoms with Crippen molar-refractivity contribution in [2.75, 3.05) is 18.5 Å². The van der Waals surface area contributed by atoms with Crippen LogP contribution in [0.2, 0.25) is 10.0 Å². The smallest absolute Gasteiger partial charge is 0.139 e. The molecule has 0 radical (unpaired) electrons. The van der Waals surface area contributed by atoms with Crippen LogP contribution >= 0.6 is 23.2 Å². The Morgan fingerprint density at radius 3 is 2.48 bits per heavy atom. The summed E-state index contributed by atoms with van der Waals surface area (Å²) in [6.45, 7) is 0.638. The van der Waals surface area contributed by atoms with Crippen molar-refractivity contribution in [1.29, 1.82) is 0 Å². The van der Waals surface area contributed by atoms with Crippen molar-refractivity contribution < 1.29 is 14.9 Å². The number of benzene rings is 2.